The summed E-state index contributed by atoms with van der Waals surface area (Å²) in [4.78, 5) is 53.9. The number of rotatable bonds is 4. The monoisotopic (exact) mass is 476 g/mol. The highest BCUT2D eigenvalue weighted by Gasteiger charge is 2.49. The second-order valence-electron chi connectivity index (χ2n) is 9.47. The molecule has 2 saturated heterocycles. The summed E-state index contributed by atoms with van der Waals surface area (Å²) in [6.45, 7) is 3.88. The van der Waals surface area contributed by atoms with Crippen molar-refractivity contribution in [2.45, 2.75) is 33.1 Å². The molecule has 1 aliphatic carbocycles. The normalized spacial score (nSPS) is 24.0. The van der Waals surface area contributed by atoms with Gasteiger partial charge in [-0.15, -0.1) is 0 Å². The fourth-order valence-corrected chi connectivity index (χ4v) is 5.15. The Morgan fingerprint density at radius 2 is 1.69 bits per heavy atom. The number of carbonyl (C=O) groups excluding carboxylic acids is 4. The molecule has 8 heteroatoms. The smallest absolute Gasteiger partial charge is 0.316 e. The van der Waals surface area contributed by atoms with Gasteiger partial charge in [-0.2, -0.15) is 0 Å². The number of halogens is 1. The van der Waals surface area contributed by atoms with Gasteiger partial charge in [0, 0.05) is 18.7 Å². The number of hydrogen-bond acceptors (Lipinski definition) is 5. The van der Waals surface area contributed by atoms with E-state index >= 15 is 0 Å². The summed E-state index contributed by atoms with van der Waals surface area (Å²) in [6.07, 6.45) is 3.19. The third-order valence-corrected chi connectivity index (χ3v) is 7.05. The van der Waals surface area contributed by atoms with E-state index in [0.29, 0.717) is 29.8 Å². The Hall–Kier alpha value is -3.81. The zero-order valence-electron chi connectivity index (χ0n) is 19.5. The highest BCUT2D eigenvalue weighted by molar-refractivity contribution is 6.22. The molecule has 0 bridgehead atoms. The van der Waals surface area contributed by atoms with Crippen LogP contribution >= 0.6 is 0 Å². The second-order valence-corrected chi connectivity index (χ2v) is 9.47. The SMILES string of the molecule is CC1=CC[C@@H]2C(=O)N(c3ccc(OC(=O)[C@H]4CC(=O)N(c5ccc(F)cc5)C4)cc3C)C(=O)[C@H]2C1. The number of ether oxygens (including phenoxy) is 1. The van der Waals surface area contributed by atoms with E-state index in [1.165, 1.54) is 34.1 Å². The average Bonchev–Trinajstić information content (AvgIpc) is 3.32. The maximum atomic E-state index is 13.2. The fraction of sp³-hybridized carbons (Fsp3) is 0.333. The van der Waals surface area contributed by atoms with Gasteiger partial charge in [0.1, 0.15) is 11.6 Å². The molecule has 0 spiro atoms. The second kappa shape index (κ2) is 8.76. The molecule has 5 rings (SSSR count). The number of esters is 1. The molecule has 0 saturated carbocycles. The predicted octanol–water partition coefficient (Wildman–Crippen LogP) is 3.94. The summed E-state index contributed by atoms with van der Waals surface area (Å²) in [5, 5.41) is 0. The van der Waals surface area contributed by atoms with E-state index in [2.05, 4.69) is 0 Å². The Kier molecular flexibility index (Phi) is 5.75. The van der Waals surface area contributed by atoms with Gasteiger partial charge in [-0.1, -0.05) is 11.6 Å². The molecule has 3 amide bonds. The van der Waals surface area contributed by atoms with Crippen molar-refractivity contribution in [1.82, 2.24) is 0 Å². The Morgan fingerprint density at radius 1 is 0.971 bits per heavy atom. The molecule has 2 aliphatic heterocycles. The summed E-state index contributed by atoms with van der Waals surface area (Å²) in [5.74, 6) is -2.60. The fourth-order valence-electron chi connectivity index (χ4n) is 5.15. The number of carbonyl (C=O) groups is 4. The van der Waals surface area contributed by atoms with Gasteiger partial charge in [-0.25, -0.2) is 9.29 Å². The van der Waals surface area contributed by atoms with Gasteiger partial charge in [0.05, 0.1) is 23.4 Å². The van der Waals surface area contributed by atoms with Crippen LogP contribution in [0.5, 0.6) is 5.75 Å². The minimum atomic E-state index is -0.659. The number of fused-ring (bicyclic) bond motifs is 1. The quantitative estimate of drug-likeness (QED) is 0.289. The number of imide groups is 1. The molecular weight excluding hydrogens is 451 g/mol. The van der Waals surface area contributed by atoms with E-state index in [1.807, 2.05) is 13.0 Å². The highest BCUT2D eigenvalue weighted by atomic mass is 19.1. The van der Waals surface area contributed by atoms with Gasteiger partial charge in [0.25, 0.3) is 0 Å². The van der Waals surface area contributed by atoms with Crippen LogP contribution in [0.1, 0.15) is 31.7 Å². The van der Waals surface area contributed by atoms with Gasteiger partial charge >= 0.3 is 5.97 Å². The summed E-state index contributed by atoms with van der Waals surface area (Å²) in [6, 6.07) is 10.3. The minimum Gasteiger partial charge on any atom is -0.426 e. The molecule has 0 aromatic heterocycles. The molecule has 35 heavy (non-hydrogen) atoms. The van der Waals surface area contributed by atoms with Crippen LogP contribution in [0, 0.1) is 30.5 Å². The van der Waals surface area contributed by atoms with Crippen molar-refractivity contribution >= 4 is 35.1 Å². The first-order valence-electron chi connectivity index (χ1n) is 11.6. The lowest BCUT2D eigenvalue weighted by atomic mass is 9.82. The zero-order valence-corrected chi connectivity index (χ0v) is 19.5. The van der Waals surface area contributed by atoms with Crippen molar-refractivity contribution in [2.24, 2.45) is 17.8 Å². The maximum Gasteiger partial charge on any atom is 0.316 e. The third kappa shape index (κ3) is 4.13. The van der Waals surface area contributed by atoms with Crippen molar-refractivity contribution in [3.63, 3.8) is 0 Å². The molecule has 0 N–H and O–H groups in total. The summed E-state index contributed by atoms with van der Waals surface area (Å²) in [7, 11) is 0. The van der Waals surface area contributed by atoms with Crippen molar-refractivity contribution < 1.29 is 28.3 Å². The summed E-state index contributed by atoms with van der Waals surface area (Å²) >= 11 is 0. The molecule has 2 fully saturated rings. The van der Waals surface area contributed by atoms with Crippen molar-refractivity contribution in [3.05, 3.63) is 65.5 Å². The Labute approximate surface area is 202 Å². The molecule has 2 aromatic carbocycles. The average molecular weight is 477 g/mol. The highest BCUT2D eigenvalue weighted by Crippen LogP contribution is 2.41. The van der Waals surface area contributed by atoms with E-state index in [4.69, 9.17) is 4.74 Å². The van der Waals surface area contributed by atoms with E-state index in [1.54, 1.807) is 25.1 Å². The van der Waals surface area contributed by atoms with Crippen LogP contribution in [0.3, 0.4) is 0 Å². The van der Waals surface area contributed by atoms with Crippen LogP contribution in [0.15, 0.2) is 54.1 Å². The molecule has 0 unspecified atom stereocenters. The third-order valence-electron chi connectivity index (χ3n) is 7.05. The largest absolute Gasteiger partial charge is 0.426 e. The van der Waals surface area contributed by atoms with Gasteiger partial charge in [-0.05, 0) is 74.7 Å². The lowest BCUT2D eigenvalue weighted by Gasteiger charge is -2.19. The number of allylic oxidation sites excluding steroid dienone is 2. The zero-order chi connectivity index (χ0) is 24.9. The van der Waals surface area contributed by atoms with Crippen molar-refractivity contribution in [2.75, 3.05) is 16.3 Å². The van der Waals surface area contributed by atoms with Gasteiger partial charge < -0.3 is 9.64 Å². The van der Waals surface area contributed by atoms with Crippen LogP contribution in [0.25, 0.3) is 0 Å². The first kappa shape index (κ1) is 23.0. The molecule has 3 aliphatic rings. The molecular formula is C27H25FN2O5. The minimum absolute atomic E-state index is 0.000284. The Balaban J connectivity index is 1.28. The van der Waals surface area contributed by atoms with Crippen LogP contribution in [-0.2, 0) is 19.2 Å². The van der Waals surface area contributed by atoms with Crippen molar-refractivity contribution in [1.29, 1.82) is 0 Å². The number of aryl methyl sites for hydroxylation is 1. The lowest BCUT2D eigenvalue weighted by Crippen LogP contribution is -2.31. The standard InChI is InChI=1S/C27H25FN2O5/c1-15-3-9-21-22(11-15)26(33)30(25(21)32)23-10-8-20(12-16(23)2)35-27(34)17-13-24(31)29(14-17)19-6-4-18(28)5-7-19/h3-8,10,12,17,21-22H,9,11,13-14H2,1-2H3/t17-,21-,22-/m0/s1. The van der Waals surface area contributed by atoms with E-state index < -0.39 is 17.7 Å². The number of anilines is 2. The van der Waals surface area contributed by atoms with Crippen LogP contribution in [0.4, 0.5) is 15.8 Å². The molecule has 0 radical (unpaired) electrons. The number of benzene rings is 2. The first-order valence-corrected chi connectivity index (χ1v) is 11.6. The van der Waals surface area contributed by atoms with Gasteiger partial charge in [0.2, 0.25) is 17.7 Å². The molecule has 3 atom stereocenters. The lowest BCUT2D eigenvalue weighted by molar-refractivity contribution is -0.139. The topological polar surface area (TPSA) is 84.0 Å². The summed E-state index contributed by atoms with van der Waals surface area (Å²) < 4.78 is 18.7. The van der Waals surface area contributed by atoms with Gasteiger partial charge in [0.15, 0.2) is 0 Å². The molecule has 2 aromatic rings. The Morgan fingerprint density at radius 3 is 2.40 bits per heavy atom. The first-order chi connectivity index (χ1) is 16.7. The van der Waals surface area contributed by atoms with E-state index in [0.717, 1.165) is 5.57 Å². The van der Waals surface area contributed by atoms with E-state index in [-0.39, 0.29) is 48.3 Å². The predicted molar refractivity (Wildman–Crippen MR) is 126 cm³/mol. The number of amides is 3. The number of nitrogens with zero attached hydrogens (tertiary/aromatic N) is 2. The molecule has 2 heterocycles. The van der Waals surface area contributed by atoms with Crippen molar-refractivity contribution in [3.8, 4) is 5.75 Å². The van der Waals surface area contributed by atoms with Crippen LogP contribution in [-0.4, -0.2) is 30.2 Å². The van der Waals surface area contributed by atoms with Gasteiger partial charge in [-0.3, -0.25) is 19.2 Å². The van der Waals surface area contributed by atoms with Crippen LogP contribution < -0.4 is 14.5 Å². The van der Waals surface area contributed by atoms with Crippen LogP contribution in [0.2, 0.25) is 0 Å². The molecule has 180 valence electrons. The number of hydrogen-bond donors (Lipinski definition) is 0. The van der Waals surface area contributed by atoms with E-state index in [9.17, 15) is 23.6 Å². The summed E-state index contributed by atoms with van der Waals surface area (Å²) in [5.41, 5.74) is 2.77. The molecule has 7 nitrogen and oxygen atoms in total. The Bertz CT molecular complexity index is 1270. The maximum absolute atomic E-state index is 13.2.